The minimum atomic E-state index is -1.52. The van der Waals surface area contributed by atoms with Crippen LogP contribution in [0.5, 0.6) is 5.75 Å². The lowest BCUT2D eigenvalue weighted by Gasteiger charge is -2.25. The van der Waals surface area contributed by atoms with Gasteiger partial charge in [-0.3, -0.25) is 33.8 Å². The van der Waals surface area contributed by atoms with Crippen LogP contribution in [0.4, 0.5) is 0 Å². The SMILES string of the molecule is NC(=O)C[C@@H]1NC(=O)[C@@H](Cc2ccc(O)cc2)NC(=O)CNC(=O)[C@H](Cc2ccc3ccccc3c2)NC(=O)[C@H](CCCN=C(N)N)NC1=O. The maximum Gasteiger partial charge on any atom is 0.243 e. The molecular weight excluding hydrogens is 646 g/mol. The highest BCUT2D eigenvalue weighted by Gasteiger charge is 2.33. The fourth-order valence-corrected chi connectivity index (χ4v) is 5.42. The van der Waals surface area contributed by atoms with E-state index in [1.165, 1.54) is 12.1 Å². The van der Waals surface area contributed by atoms with Crippen LogP contribution in [-0.4, -0.2) is 83.8 Å². The summed E-state index contributed by atoms with van der Waals surface area (Å²) >= 11 is 0. The van der Waals surface area contributed by atoms with Gasteiger partial charge < -0.3 is 48.9 Å². The van der Waals surface area contributed by atoms with E-state index >= 15 is 0 Å². The van der Waals surface area contributed by atoms with Crippen molar-refractivity contribution in [3.05, 3.63) is 77.9 Å². The number of aromatic hydroxyl groups is 1. The zero-order valence-electron chi connectivity index (χ0n) is 27.2. The number of rotatable bonds is 10. The van der Waals surface area contributed by atoms with Gasteiger partial charge in [-0.25, -0.2) is 0 Å². The average molecular weight is 688 g/mol. The number of carbonyl (C=O) groups excluding carboxylic acids is 6. The molecule has 0 bridgehead atoms. The minimum Gasteiger partial charge on any atom is -0.508 e. The number of aliphatic imine (C=N–C) groups is 1. The third-order valence-corrected chi connectivity index (χ3v) is 7.95. The van der Waals surface area contributed by atoms with Gasteiger partial charge in [0.25, 0.3) is 0 Å². The van der Waals surface area contributed by atoms with Crippen LogP contribution in [0.25, 0.3) is 10.8 Å². The maximum absolute atomic E-state index is 13.8. The van der Waals surface area contributed by atoms with E-state index in [1.807, 2.05) is 42.5 Å². The number of benzene rings is 3. The Morgan fingerprint density at radius 1 is 0.700 bits per heavy atom. The molecule has 0 aromatic heterocycles. The van der Waals surface area contributed by atoms with Crippen LogP contribution >= 0.6 is 0 Å². The second kappa shape index (κ2) is 17.3. The molecule has 264 valence electrons. The van der Waals surface area contributed by atoms with Crippen LogP contribution in [0, 0.1) is 0 Å². The van der Waals surface area contributed by atoms with Gasteiger partial charge in [0, 0.05) is 19.4 Å². The first-order chi connectivity index (χ1) is 23.9. The summed E-state index contributed by atoms with van der Waals surface area (Å²) in [6, 6.07) is 13.8. The van der Waals surface area contributed by atoms with Gasteiger partial charge in [0.05, 0.1) is 13.0 Å². The summed E-state index contributed by atoms with van der Waals surface area (Å²) in [5, 5.41) is 24.4. The van der Waals surface area contributed by atoms with Crippen molar-refractivity contribution in [2.75, 3.05) is 13.1 Å². The number of hydrogen-bond acceptors (Lipinski definition) is 8. The maximum atomic E-state index is 13.8. The number of phenolic OH excluding ortho intramolecular Hbond substituents is 1. The quantitative estimate of drug-likeness (QED) is 0.0669. The van der Waals surface area contributed by atoms with Gasteiger partial charge in [-0.15, -0.1) is 0 Å². The van der Waals surface area contributed by atoms with Gasteiger partial charge in [0.15, 0.2) is 5.96 Å². The monoisotopic (exact) mass is 687 g/mol. The van der Waals surface area contributed by atoms with Crippen molar-refractivity contribution in [3.63, 3.8) is 0 Å². The Labute approximate surface area is 287 Å². The first-order valence-corrected chi connectivity index (χ1v) is 16.0. The molecule has 12 N–H and O–H groups in total. The predicted octanol–water partition coefficient (Wildman–Crippen LogP) is -1.67. The fourth-order valence-electron chi connectivity index (χ4n) is 5.42. The summed E-state index contributed by atoms with van der Waals surface area (Å²) in [6.07, 6.45) is -0.414. The van der Waals surface area contributed by atoms with Gasteiger partial charge in [-0.1, -0.05) is 54.6 Å². The molecule has 4 rings (SSSR count). The predicted molar refractivity (Wildman–Crippen MR) is 184 cm³/mol. The summed E-state index contributed by atoms with van der Waals surface area (Å²) in [5.74, 6) is -5.00. The van der Waals surface area contributed by atoms with Gasteiger partial charge in [0.2, 0.25) is 35.4 Å². The molecule has 16 heteroatoms. The zero-order chi connectivity index (χ0) is 36.2. The smallest absolute Gasteiger partial charge is 0.243 e. The number of nitrogens with zero attached hydrogens (tertiary/aromatic N) is 1. The molecule has 0 spiro atoms. The molecule has 50 heavy (non-hydrogen) atoms. The van der Waals surface area contributed by atoms with E-state index in [9.17, 15) is 33.9 Å². The van der Waals surface area contributed by atoms with E-state index in [-0.39, 0.29) is 43.9 Å². The molecule has 4 atom stereocenters. The second-order valence-corrected chi connectivity index (χ2v) is 11.9. The first-order valence-electron chi connectivity index (χ1n) is 16.0. The Bertz CT molecular complexity index is 1760. The largest absolute Gasteiger partial charge is 0.508 e. The van der Waals surface area contributed by atoms with E-state index < -0.39 is 72.6 Å². The van der Waals surface area contributed by atoms with Crippen LogP contribution in [0.15, 0.2) is 71.7 Å². The van der Waals surface area contributed by atoms with Crippen molar-refractivity contribution in [1.82, 2.24) is 26.6 Å². The Kier molecular flexibility index (Phi) is 12.7. The summed E-state index contributed by atoms with van der Waals surface area (Å²) in [6.45, 7) is -0.427. The van der Waals surface area contributed by atoms with Gasteiger partial charge >= 0.3 is 0 Å². The standard InChI is InChI=1S/C34H41N9O7/c35-28(45)17-27-33(50)41-24(6-3-13-38-34(36)37)31(48)42-25(16-20-7-10-21-4-1-2-5-22(21)14-20)30(47)39-18-29(46)40-26(32(49)43-27)15-19-8-11-23(44)12-9-19/h1-2,4-5,7-12,14,24-27,44H,3,6,13,15-18H2,(H2,35,45)(H,39,47)(H,40,46)(H,41,50)(H,42,48)(H,43,49)(H4,36,37,38)/t24-,25-,26+,27-/m0/s1. The molecule has 0 aliphatic carbocycles. The van der Waals surface area contributed by atoms with E-state index in [2.05, 4.69) is 31.6 Å². The van der Waals surface area contributed by atoms with Crippen LogP contribution in [0.1, 0.15) is 30.4 Å². The average Bonchev–Trinajstić information content (AvgIpc) is 3.07. The molecule has 6 amide bonds. The van der Waals surface area contributed by atoms with Crippen LogP contribution < -0.4 is 43.8 Å². The number of carbonyl (C=O) groups is 6. The van der Waals surface area contributed by atoms with Crippen molar-refractivity contribution in [3.8, 4) is 5.75 Å². The summed E-state index contributed by atoms with van der Waals surface area (Å²) in [5.41, 5.74) is 17.5. The molecule has 1 aliphatic heterocycles. The van der Waals surface area contributed by atoms with E-state index in [4.69, 9.17) is 17.2 Å². The number of nitrogens with two attached hydrogens (primary N) is 3. The molecule has 1 aliphatic rings. The van der Waals surface area contributed by atoms with Crippen LogP contribution in [-0.2, 0) is 41.6 Å². The van der Waals surface area contributed by atoms with Crippen molar-refractivity contribution in [1.29, 1.82) is 0 Å². The van der Waals surface area contributed by atoms with E-state index in [0.717, 1.165) is 10.8 Å². The minimum absolute atomic E-state index is 0.0133. The van der Waals surface area contributed by atoms with Crippen molar-refractivity contribution < 1.29 is 33.9 Å². The first kappa shape index (κ1) is 36.6. The Hall–Kier alpha value is -6.19. The number of hydrogen-bond donors (Lipinski definition) is 9. The molecule has 1 saturated heterocycles. The second-order valence-electron chi connectivity index (χ2n) is 11.9. The lowest BCUT2D eigenvalue weighted by atomic mass is 10.0. The molecule has 1 heterocycles. The summed E-state index contributed by atoms with van der Waals surface area (Å²) in [4.78, 5) is 83.4. The summed E-state index contributed by atoms with van der Waals surface area (Å²) < 4.78 is 0. The molecule has 1 fully saturated rings. The number of guanidine groups is 1. The van der Waals surface area contributed by atoms with Crippen molar-refractivity contribution >= 4 is 52.2 Å². The molecule has 0 radical (unpaired) electrons. The number of fused-ring (bicyclic) bond motifs is 1. The van der Waals surface area contributed by atoms with Crippen LogP contribution in [0.2, 0.25) is 0 Å². The normalized spacial score (nSPS) is 20.6. The van der Waals surface area contributed by atoms with Crippen LogP contribution in [0.3, 0.4) is 0 Å². The van der Waals surface area contributed by atoms with Gasteiger partial charge in [-0.2, -0.15) is 0 Å². The lowest BCUT2D eigenvalue weighted by Crippen LogP contribution is -2.58. The lowest BCUT2D eigenvalue weighted by molar-refractivity contribution is -0.135. The van der Waals surface area contributed by atoms with Crippen molar-refractivity contribution in [2.45, 2.75) is 56.3 Å². The number of amides is 6. The van der Waals surface area contributed by atoms with E-state index in [0.29, 0.717) is 11.1 Å². The third-order valence-electron chi connectivity index (χ3n) is 7.95. The fraction of sp³-hybridized carbons (Fsp3) is 0.324. The van der Waals surface area contributed by atoms with Crippen molar-refractivity contribution in [2.24, 2.45) is 22.2 Å². The third kappa shape index (κ3) is 10.9. The highest BCUT2D eigenvalue weighted by molar-refractivity contribution is 5.98. The summed E-state index contributed by atoms with van der Waals surface area (Å²) in [7, 11) is 0. The van der Waals surface area contributed by atoms with Gasteiger partial charge in [0.1, 0.15) is 29.9 Å². The number of nitrogens with one attached hydrogen (secondary N) is 5. The van der Waals surface area contributed by atoms with E-state index in [1.54, 1.807) is 12.1 Å². The number of phenols is 1. The Morgan fingerprint density at radius 3 is 1.98 bits per heavy atom. The molecule has 0 saturated carbocycles. The molecule has 3 aromatic carbocycles. The highest BCUT2D eigenvalue weighted by atomic mass is 16.3. The Morgan fingerprint density at radius 2 is 1.28 bits per heavy atom. The topological polar surface area (TPSA) is 273 Å². The molecular formula is C34H41N9O7. The molecule has 3 aromatic rings. The zero-order valence-corrected chi connectivity index (χ0v) is 27.2. The molecule has 0 unspecified atom stereocenters. The molecule has 16 nitrogen and oxygen atoms in total. The van der Waals surface area contributed by atoms with Gasteiger partial charge in [-0.05, 0) is 46.9 Å². The Balaban J connectivity index is 1.67. The highest BCUT2D eigenvalue weighted by Crippen LogP contribution is 2.17. The number of primary amides is 1.